The summed E-state index contributed by atoms with van der Waals surface area (Å²) < 4.78 is 0. The molecule has 1 amide bonds. The topological polar surface area (TPSA) is 132 Å². The molecule has 0 radical (unpaired) electrons. The number of nitrogen functional groups attached to an aromatic ring is 2. The Morgan fingerprint density at radius 2 is 1.88 bits per heavy atom. The SMILES string of the molecule is Cc1ccc(-c2c(C#N)c(N)nc3sc(C(N)=O)c(N)c23)cc1.Cl. The molecule has 3 rings (SSSR count). The first kappa shape index (κ1) is 17.5. The van der Waals surface area contributed by atoms with Crippen LogP contribution in [0.25, 0.3) is 21.3 Å². The van der Waals surface area contributed by atoms with Gasteiger partial charge in [0.15, 0.2) is 0 Å². The zero-order valence-electron chi connectivity index (χ0n) is 12.7. The monoisotopic (exact) mass is 359 g/mol. The van der Waals surface area contributed by atoms with Gasteiger partial charge in [-0.3, -0.25) is 4.79 Å². The Labute approximate surface area is 148 Å². The third kappa shape index (κ3) is 2.62. The lowest BCUT2D eigenvalue weighted by molar-refractivity contribution is 0.100. The molecule has 1 aromatic carbocycles. The van der Waals surface area contributed by atoms with Crippen LogP contribution in [-0.4, -0.2) is 10.9 Å². The molecular formula is C16H14ClN5OS. The molecule has 0 bridgehead atoms. The van der Waals surface area contributed by atoms with Crippen LogP contribution in [0.4, 0.5) is 11.5 Å². The highest BCUT2D eigenvalue weighted by Gasteiger charge is 2.23. The second-order valence-corrected chi connectivity index (χ2v) is 6.11. The van der Waals surface area contributed by atoms with Crippen LogP contribution in [0.1, 0.15) is 20.8 Å². The third-order valence-electron chi connectivity index (χ3n) is 3.58. The van der Waals surface area contributed by atoms with Crippen molar-refractivity contribution in [2.45, 2.75) is 6.92 Å². The molecule has 0 fully saturated rings. The molecule has 2 aromatic heterocycles. The van der Waals surface area contributed by atoms with E-state index < -0.39 is 5.91 Å². The largest absolute Gasteiger partial charge is 0.397 e. The number of nitrogens with two attached hydrogens (primary N) is 3. The number of amides is 1. The predicted molar refractivity (Wildman–Crippen MR) is 99.1 cm³/mol. The maximum atomic E-state index is 11.6. The van der Waals surface area contributed by atoms with Crippen molar-refractivity contribution >= 4 is 51.4 Å². The molecule has 3 aromatic rings. The fourth-order valence-electron chi connectivity index (χ4n) is 2.48. The minimum absolute atomic E-state index is 0. The lowest BCUT2D eigenvalue weighted by Gasteiger charge is -2.09. The number of hydrogen-bond acceptors (Lipinski definition) is 6. The van der Waals surface area contributed by atoms with Gasteiger partial charge in [0.2, 0.25) is 0 Å². The second-order valence-electron chi connectivity index (χ2n) is 5.11. The molecule has 0 atom stereocenters. The van der Waals surface area contributed by atoms with Gasteiger partial charge in [0.05, 0.1) is 5.69 Å². The highest BCUT2D eigenvalue weighted by atomic mass is 35.5. The number of benzene rings is 1. The average Bonchev–Trinajstić information content (AvgIpc) is 2.83. The van der Waals surface area contributed by atoms with Crippen LogP contribution in [0.2, 0.25) is 0 Å². The summed E-state index contributed by atoms with van der Waals surface area (Å²) in [7, 11) is 0. The number of rotatable bonds is 2. The van der Waals surface area contributed by atoms with Crippen LogP contribution >= 0.6 is 23.7 Å². The van der Waals surface area contributed by atoms with Gasteiger partial charge in [-0.1, -0.05) is 29.8 Å². The predicted octanol–water partition coefficient (Wildman–Crippen LogP) is 2.83. The first-order valence-corrected chi connectivity index (χ1v) is 7.54. The van der Waals surface area contributed by atoms with Crippen molar-refractivity contribution in [3.63, 3.8) is 0 Å². The summed E-state index contributed by atoms with van der Waals surface area (Å²) in [6.07, 6.45) is 0. The van der Waals surface area contributed by atoms with E-state index in [0.29, 0.717) is 15.8 Å². The lowest BCUT2D eigenvalue weighted by Crippen LogP contribution is -2.10. The fourth-order valence-corrected chi connectivity index (χ4v) is 3.44. The number of pyridine rings is 1. The van der Waals surface area contributed by atoms with Crippen molar-refractivity contribution in [1.29, 1.82) is 5.26 Å². The maximum Gasteiger partial charge on any atom is 0.260 e. The Kier molecular flexibility index (Phi) is 4.64. The number of fused-ring (bicyclic) bond motifs is 1. The molecular weight excluding hydrogens is 346 g/mol. The van der Waals surface area contributed by atoms with Crippen molar-refractivity contribution in [2.24, 2.45) is 5.73 Å². The Hall–Kier alpha value is -2.82. The second kappa shape index (κ2) is 6.35. The van der Waals surface area contributed by atoms with E-state index in [1.807, 2.05) is 31.2 Å². The highest BCUT2D eigenvalue weighted by molar-refractivity contribution is 7.21. The Bertz CT molecular complexity index is 989. The average molecular weight is 360 g/mol. The van der Waals surface area contributed by atoms with Gasteiger partial charge in [0.1, 0.15) is 27.2 Å². The molecule has 6 nitrogen and oxygen atoms in total. The minimum Gasteiger partial charge on any atom is -0.397 e. The number of aryl methyl sites for hydroxylation is 1. The van der Waals surface area contributed by atoms with Gasteiger partial charge in [-0.15, -0.1) is 23.7 Å². The number of aromatic nitrogens is 1. The van der Waals surface area contributed by atoms with Gasteiger partial charge >= 0.3 is 0 Å². The van der Waals surface area contributed by atoms with Crippen molar-refractivity contribution in [1.82, 2.24) is 4.98 Å². The van der Waals surface area contributed by atoms with E-state index in [0.717, 1.165) is 22.5 Å². The van der Waals surface area contributed by atoms with Crippen molar-refractivity contribution in [2.75, 3.05) is 11.5 Å². The van der Waals surface area contributed by atoms with E-state index >= 15 is 0 Å². The van der Waals surface area contributed by atoms with Gasteiger partial charge in [0, 0.05) is 10.9 Å². The van der Waals surface area contributed by atoms with Crippen LogP contribution in [0.15, 0.2) is 24.3 Å². The minimum atomic E-state index is -0.627. The molecule has 0 saturated heterocycles. The molecule has 8 heteroatoms. The molecule has 0 unspecified atom stereocenters. The number of thiophene rings is 1. The van der Waals surface area contributed by atoms with E-state index in [4.69, 9.17) is 17.2 Å². The normalized spacial score (nSPS) is 10.2. The third-order valence-corrected chi connectivity index (χ3v) is 4.69. The molecule has 2 heterocycles. The van der Waals surface area contributed by atoms with Gasteiger partial charge in [-0.2, -0.15) is 5.26 Å². The molecule has 0 aliphatic rings. The molecule has 0 aliphatic heterocycles. The first-order chi connectivity index (χ1) is 10.9. The summed E-state index contributed by atoms with van der Waals surface area (Å²) >= 11 is 1.08. The Balaban J connectivity index is 0.00000208. The molecule has 0 spiro atoms. The zero-order valence-corrected chi connectivity index (χ0v) is 14.3. The zero-order chi connectivity index (χ0) is 16.7. The fraction of sp³-hybridized carbons (Fsp3) is 0.0625. The summed E-state index contributed by atoms with van der Waals surface area (Å²) in [6.45, 7) is 1.97. The van der Waals surface area contributed by atoms with Crippen molar-refractivity contribution in [3.8, 4) is 17.2 Å². The number of hydrogen-bond donors (Lipinski definition) is 3. The Morgan fingerprint density at radius 1 is 1.25 bits per heavy atom. The quantitative estimate of drug-likeness (QED) is 0.647. The molecule has 6 N–H and O–H groups in total. The van der Waals surface area contributed by atoms with E-state index in [-0.39, 0.29) is 34.4 Å². The number of carbonyl (C=O) groups is 1. The number of primary amides is 1. The van der Waals surface area contributed by atoms with E-state index in [9.17, 15) is 10.1 Å². The number of halogens is 1. The van der Waals surface area contributed by atoms with E-state index in [2.05, 4.69) is 11.1 Å². The summed E-state index contributed by atoms with van der Waals surface area (Å²) in [6, 6.07) is 9.70. The van der Waals surface area contributed by atoms with E-state index in [1.54, 1.807) is 0 Å². The van der Waals surface area contributed by atoms with Crippen LogP contribution in [-0.2, 0) is 0 Å². The highest BCUT2D eigenvalue weighted by Crippen LogP contribution is 2.42. The smallest absolute Gasteiger partial charge is 0.260 e. The number of nitrogens with zero attached hydrogens (tertiary/aromatic N) is 2. The van der Waals surface area contributed by atoms with Gasteiger partial charge in [0.25, 0.3) is 5.91 Å². The number of nitriles is 1. The molecule has 122 valence electrons. The van der Waals surface area contributed by atoms with Crippen LogP contribution < -0.4 is 17.2 Å². The van der Waals surface area contributed by atoms with Gasteiger partial charge < -0.3 is 17.2 Å². The summed E-state index contributed by atoms with van der Waals surface area (Å²) in [5.74, 6) is -0.523. The number of carbonyl (C=O) groups excluding carboxylic acids is 1. The Morgan fingerprint density at radius 3 is 2.42 bits per heavy atom. The van der Waals surface area contributed by atoms with Gasteiger partial charge in [-0.25, -0.2) is 4.98 Å². The lowest BCUT2D eigenvalue weighted by atomic mass is 9.96. The summed E-state index contributed by atoms with van der Waals surface area (Å²) in [4.78, 5) is 16.5. The van der Waals surface area contributed by atoms with Crippen molar-refractivity contribution in [3.05, 3.63) is 40.3 Å². The van der Waals surface area contributed by atoms with Crippen LogP contribution in [0.5, 0.6) is 0 Å². The van der Waals surface area contributed by atoms with Crippen molar-refractivity contribution < 1.29 is 4.79 Å². The molecule has 0 saturated carbocycles. The molecule has 0 aliphatic carbocycles. The molecule has 24 heavy (non-hydrogen) atoms. The number of anilines is 2. The first-order valence-electron chi connectivity index (χ1n) is 6.72. The summed E-state index contributed by atoms with van der Waals surface area (Å²) in [5, 5.41) is 10.0. The van der Waals surface area contributed by atoms with Gasteiger partial charge in [-0.05, 0) is 12.5 Å². The van der Waals surface area contributed by atoms with E-state index in [1.165, 1.54) is 0 Å². The summed E-state index contributed by atoms with van der Waals surface area (Å²) in [5.41, 5.74) is 20.3. The van der Waals surface area contributed by atoms with Crippen LogP contribution in [0, 0.1) is 18.3 Å². The van der Waals surface area contributed by atoms with Crippen LogP contribution in [0.3, 0.4) is 0 Å². The standard InChI is InChI=1S/C16H13N5OS.ClH/c1-7-2-4-8(5-3-7)10-9(6-17)14(19)21-16-11(10)12(18)13(23-16)15(20)22;/h2-5H,18H2,1H3,(H2,19,21)(H2,20,22);1H. The maximum absolute atomic E-state index is 11.6.